The van der Waals surface area contributed by atoms with Gasteiger partial charge in [0.25, 0.3) is 0 Å². The average molecular weight is 797 g/mol. The first-order valence-corrected chi connectivity index (χ1v) is 17.3. The highest BCUT2D eigenvalue weighted by Gasteiger charge is 2.57. The summed E-state index contributed by atoms with van der Waals surface area (Å²) in [4.78, 5) is 0. The number of aliphatic hydroxyl groups excluding tert-OH is 15. The van der Waals surface area contributed by atoms with E-state index in [9.17, 15) is 76.6 Å². The molecule has 5 rings (SSSR count). The van der Waals surface area contributed by atoms with Crippen LogP contribution in [0.2, 0.25) is 0 Å². The van der Waals surface area contributed by atoms with Crippen LogP contribution in [-0.4, -0.2) is 250 Å². The van der Waals surface area contributed by atoms with Gasteiger partial charge in [-0.25, -0.2) is 0 Å². The van der Waals surface area contributed by atoms with Crippen LogP contribution in [-0.2, 0) is 42.6 Å². The fourth-order valence-electron chi connectivity index (χ4n) is 6.87. The summed E-state index contributed by atoms with van der Waals surface area (Å²) in [5.74, 6) is 0. The van der Waals surface area contributed by atoms with Gasteiger partial charge in [-0.3, -0.25) is 0 Å². The Labute approximate surface area is 306 Å². The molecule has 5 heterocycles. The first-order valence-electron chi connectivity index (χ1n) is 17.3. The van der Waals surface area contributed by atoms with Gasteiger partial charge in [-0.15, -0.1) is 0 Å². The Morgan fingerprint density at radius 2 is 0.722 bits per heavy atom. The minimum Gasteiger partial charge on any atom is -0.394 e. The smallest absolute Gasteiger partial charge is 0.187 e. The van der Waals surface area contributed by atoms with Crippen LogP contribution in [0.1, 0.15) is 13.8 Å². The van der Waals surface area contributed by atoms with Crippen molar-refractivity contribution in [2.75, 3.05) is 19.8 Å². The lowest BCUT2D eigenvalue weighted by Gasteiger charge is -2.50. The van der Waals surface area contributed by atoms with E-state index in [0.717, 1.165) is 0 Å². The first-order chi connectivity index (χ1) is 25.4. The minimum absolute atomic E-state index is 0.870. The number of rotatable bonds is 11. The van der Waals surface area contributed by atoms with Gasteiger partial charge in [-0.2, -0.15) is 0 Å². The van der Waals surface area contributed by atoms with E-state index >= 15 is 0 Å². The van der Waals surface area contributed by atoms with Crippen LogP contribution >= 0.6 is 0 Å². The molecule has 0 aromatic heterocycles. The van der Waals surface area contributed by atoms with Crippen LogP contribution in [0, 0.1) is 0 Å². The normalized spacial score (nSPS) is 54.7. The molecular weight excluding hydrogens is 744 g/mol. The second-order valence-corrected chi connectivity index (χ2v) is 13.9. The van der Waals surface area contributed by atoms with Crippen molar-refractivity contribution >= 4 is 0 Å². The highest BCUT2D eigenvalue weighted by molar-refractivity contribution is 4.99. The third-order valence-corrected chi connectivity index (χ3v) is 10.2. The van der Waals surface area contributed by atoms with Gasteiger partial charge < -0.3 is 119 Å². The van der Waals surface area contributed by atoms with E-state index in [4.69, 9.17) is 42.6 Å². The maximum Gasteiger partial charge on any atom is 0.187 e. The predicted molar refractivity (Wildman–Crippen MR) is 164 cm³/mol. The molecule has 0 radical (unpaired) electrons. The molecule has 0 aromatic carbocycles. The molecule has 316 valence electrons. The second kappa shape index (κ2) is 18.3. The summed E-state index contributed by atoms with van der Waals surface area (Å²) >= 11 is 0. The molecule has 24 heteroatoms. The summed E-state index contributed by atoms with van der Waals surface area (Å²) in [5.41, 5.74) is 0. The molecular formula is C30H52O24. The molecule has 54 heavy (non-hydrogen) atoms. The second-order valence-electron chi connectivity index (χ2n) is 13.9. The topological polar surface area (TPSA) is 387 Å². The highest BCUT2D eigenvalue weighted by Crippen LogP contribution is 2.37. The van der Waals surface area contributed by atoms with Crippen molar-refractivity contribution in [1.29, 1.82) is 0 Å². The van der Waals surface area contributed by atoms with Crippen LogP contribution in [0.25, 0.3) is 0 Å². The van der Waals surface area contributed by atoms with Crippen molar-refractivity contribution in [3.05, 3.63) is 0 Å². The molecule has 24 nitrogen and oxygen atoms in total. The molecule has 0 spiro atoms. The summed E-state index contributed by atoms with van der Waals surface area (Å²) in [6.07, 6.45) is -44.6. The zero-order valence-electron chi connectivity index (χ0n) is 28.9. The zero-order chi connectivity index (χ0) is 39.9. The monoisotopic (exact) mass is 796 g/mol. The van der Waals surface area contributed by atoms with Gasteiger partial charge in [0, 0.05) is 0 Å². The summed E-state index contributed by atoms with van der Waals surface area (Å²) in [7, 11) is 0. The highest BCUT2D eigenvalue weighted by atomic mass is 16.8. The Kier molecular flexibility index (Phi) is 15.0. The van der Waals surface area contributed by atoms with Gasteiger partial charge in [0.05, 0.1) is 32.0 Å². The van der Waals surface area contributed by atoms with Crippen molar-refractivity contribution < 1.29 is 119 Å². The molecule has 5 saturated heterocycles. The molecule has 25 atom stereocenters. The summed E-state index contributed by atoms with van der Waals surface area (Å²) in [5, 5.41) is 157. The van der Waals surface area contributed by atoms with Gasteiger partial charge >= 0.3 is 0 Å². The summed E-state index contributed by atoms with van der Waals surface area (Å²) in [6.45, 7) is -0.118. The van der Waals surface area contributed by atoms with Gasteiger partial charge in [-0.05, 0) is 13.8 Å². The fraction of sp³-hybridized carbons (Fsp3) is 1.00. The van der Waals surface area contributed by atoms with Crippen LogP contribution in [0.15, 0.2) is 0 Å². The van der Waals surface area contributed by atoms with Gasteiger partial charge in [0.2, 0.25) is 0 Å². The predicted octanol–water partition coefficient (Wildman–Crippen LogP) is -9.87. The maximum absolute atomic E-state index is 11.5. The Bertz CT molecular complexity index is 1170. The van der Waals surface area contributed by atoms with Gasteiger partial charge in [-0.1, -0.05) is 0 Å². The largest absolute Gasteiger partial charge is 0.394 e. The standard InChI is InChI=1S/C30H52O24/c1-6-11(34)15(38)18(41)27(46-6)53-24-21(44)22(10(5-33)48-26(24)45)51-30-25(54-28-19(42)16(39)12(35)7(2)47-28)23(14(37)9(4-32)50-30)52-29-20(43)17(40)13(36)8(3-31)49-29/h6-45H,3-5H2,1-2H3/t6-,7-,8+,9+,10+,11+,12+,13-,14-,15+,16+,17-,18-,19-,20+,21-,22+,23-,24+,25+,26?,27-,28-,29+,30-/m0/s1. The molecule has 5 fully saturated rings. The van der Waals surface area contributed by atoms with E-state index in [0.29, 0.717) is 0 Å². The van der Waals surface area contributed by atoms with Crippen LogP contribution in [0.3, 0.4) is 0 Å². The van der Waals surface area contributed by atoms with Crippen molar-refractivity contribution in [1.82, 2.24) is 0 Å². The molecule has 5 aliphatic rings. The summed E-state index contributed by atoms with van der Waals surface area (Å²) < 4.78 is 50.9. The molecule has 15 N–H and O–H groups in total. The first kappa shape index (κ1) is 44.1. The van der Waals surface area contributed by atoms with Gasteiger partial charge in [0.1, 0.15) is 110 Å². The van der Waals surface area contributed by atoms with E-state index in [2.05, 4.69) is 0 Å². The number of aliphatic hydroxyl groups is 15. The fourth-order valence-corrected chi connectivity index (χ4v) is 6.87. The lowest BCUT2D eigenvalue weighted by molar-refractivity contribution is -0.409. The Morgan fingerprint density at radius 3 is 1.22 bits per heavy atom. The number of hydrogen-bond donors (Lipinski definition) is 15. The third-order valence-electron chi connectivity index (χ3n) is 10.2. The lowest BCUT2D eigenvalue weighted by atomic mass is 9.95. The zero-order valence-corrected chi connectivity index (χ0v) is 28.9. The van der Waals surface area contributed by atoms with E-state index in [-0.39, 0.29) is 0 Å². The van der Waals surface area contributed by atoms with E-state index in [1.807, 2.05) is 0 Å². The van der Waals surface area contributed by atoms with E-state index < -0.39 is 173 Å². The van der Waals surface area contributed by atoms with Crippen LogP contribution < -0.4 is 0 Å². The SMILES string of the molecule is C[C@@H]1O[C@@H](O[C@H]2[C@H](O[C@H]3[C@H](O)[C@@H](O[C@@H]4O[C@@H](C)[C@@H](O)[C@@H](O)[C@@H]4O)C(O)O[C@@H]3CO)O[C@H](CO)[C@H](O)[C@@H]2O[C@H]2O[C@H](CO)[C@H](O)[C@H](O)[C@H]2O)[C@@H](O)[C@H](O)[C@@H]1O. The molecule has 1 unspecified atom stereocenters. The van der Waals surface area contributed by atoms with Crippen molar-refractivity contribution in [3.8, 4) is 0 Å². The van der Waals surface area contributed by atoms with Crippen molar-refractivity contribution in [3.63, 3.8) is 0 Å². The lowest BCUT2D eigenvalue weighted by Crippen LogP contribution is -2.69. The maximum atomic E-state index is 11.5. The Hall–Kier alpha value is -0.960. The van der Waals surface area contributed by atoms with Crippen molar-refractivity contribution in [2.24, 2.45) is 0 Å². The third kappa shape index (κ3) is 8.72. The molecule has 0 bridgehead atoms. The molecule has 0 saturated carbocycles. The molecule has 5 aliphatic heterocycles. The van der Waals surface area contributed by atoms with E-state index in [1.165, 1.54) is 13.8 Å². The Morgan fingerprint density at radius 1 is 0.333 bits per heavy atom. The van der Waals surface area contributed by atoms with Gasteiger partial charge in [0.15, 0.2) is 31.5 Å². The molecule has 0 aromatic rings. The number of hydrogen-bond acceptors (Lipinski definition) is 24. The average Bonchev–Trinajstić information content (AvgIpc) is 3.15. The van der Waals surface area contributed by atoms with Crippen LogP contribution in [0.4, 0.5) is 0 Å². The summed E-state index contributed by atoms with van der Waals surface area (Å²) in [6, 6.07) is 0. The molecule has 0 amide bonds. The minimum atomic E-state index is -2.04. The number of ether oxygens (including phenoxy) is 9. The van der Waals surface area contributed by atoms with Crippen molar-refractivity contribution in [2.45, 2.75) is 167 Å². The van der Waals surface area contributed by atoms with Crippen LogP contribution in [0.5, 0.6) is 0 Å². The Balaban J connectivity index is 1.47. The quantitative estimate of drug-likeness (QED) is 0.0923. The van der Waals surface area contributed by atoms with E-state index in [1.54, 1.807) is 0 Å². The molecule has 0 aliphatic carbocycles.